The molecule has 130 valence electrons. The number of carbonyl (C=O) groups excluding carboxylic acids is 1. The summed E-state index contributed by atoms with van der Waals surface area (Å²) in [5.41, 5.74) is 1.22. The maximum Gasteiger partial charge on any atom is 0.419 e. The normalized spacial score (nSPS) is 21.3. The molecule has 2 aliphatic carbocycles. The molecule has 1 heterocycles. The Bertz CT molecular complexity index is 863. The number of aldehydes is 1. The summed E-state index contributed by atoms with van der Waals surface area (Å²) in [6, 6.07) is 2.78. The summed E-state index contributed by atoms with van der Waals surface area (Å²) in [4.78, 5) is 15.5. The van der Waals surface area contributed by atoms with Gasteiger partial charge in [0.1, 0.15) is 11.6 Å². The van der Waals surface area contributed by atoms with Crippen LogP contribution in [-0.4, -0.2) is 11.3 Å². The molecule has 4 rings (SSSR count). The van der Waals surface area contributed by atoms with E-state index in [9.17, 15) is 22.4 Å². The van der Waals surface area contributed by atoms with E-state index >= 15 is 0 Å². The Morgan fingerprint density at radius 2 is 1.88 bits per heavy atom. The third-order valence-corrected chi connectivity index (χ3v) is 5.10. The van der Waals surface area contributed by atoms with Gasteiger partial charge in [-0.3, -0.25) is 4.79 Å². The van der Waals surface area contributed by atoms with Crippen molar-refractivity contribution in [2.24, 2.45) is 0 Å². The summed E-state index contributed by atoms with van der Waals surface area (Å²) < 4.78 is 52.1. The molecule has 0 spiro atoms. The third-order valence-electron chi connectivity index (χ3n) is 5.10. The van der Waals surface area contributed by atoms with E-state index < -0.39 is 17.6 Å². The number of aromatic nitrogens is 1. The first-order valence-corrected chi connectivity index (χ1v) is 8.00. The topological polar surface area (TPSA) is 42.0 Å². The van der Waals surface area contributed by atoms with Crippen molar-refractivity contribution < 1.29 is 22.4 Å². The minimum Gasteiger partial charge on any atom is -0.340 e. The Kier molecular flexibility index (Phi) is 3.56. The van der Waals surface area contributed by atoms with Crippen LogP contribution in [0.1, 0.15) is 58.1 Å². The molecule has 3 nitrogen and oxygen atoms in total. The van der Waals surface area contributed by atoms with E-state index in [1.54, 1.807) is 0 Å². The molecule has 25 heavy (non-hydrogen) atoms. The Hall–Kier alpha value is -2.44. The highest BCUT2D eigenvalue weighted by molar-refractivity contribution is 5.81. The van der Waals surface area contributed by atoms with Crippen LogP contribution in [-0.2, 0) is 6.18 Å². The molecule has 1 saturated carbocycles. The predicted octanol–water partition coefficient (Wildman–Crippen LogP) is 5.16. The second-order valence-electron chi connectivity index (χ2n) is 6.53. The molecule has 1 N–H and O–H groups in total. The molecule has 1 aromatic heterocycles. The van der Waals surface area contributed by atoms with Gasteiger partial charge in [0.15, 0.2) is 6.29 Å². The van der Waals surface area contributed by atoms with Crippen molar-refractivity contribution in [1.29, 1.82) is 0 Å². The van der Waals surface area contributed by atoms with E-state index in [2.05, 4.69) is 10.3 Å². The van der Waals surface area contributed by atoms with Gasteiger partial charge in [0, 0.05) is 23.0 Å². The Morgan fingerprint density at radius 1 is 1.16 bits per heavy atom. The van der Waals surface area contributed by atoms with Crippen LogP contribution in [0.5, 0.6) is 0 Å². The van der Waals surface area contributed by atoms with E-state index in [-0.39, 0.29) is 11.6 Å². The van der Waals surface area contributed by atoms with Gasteiger partial charge in [0.05, 0.1) is 5.56 Å². The van der Waals surface area contributed by atoms with Crippen molar-refractivity contribution in [2.45, 2.75) is 37.3 Å². The fraction of sp³-hybridized carbons (Fsp3) is 0.333. The van der Waals surface area contributed by atoms with Gasteiger partial charge < -0.3 is 5.32 Å². The smallest absolute Gasteiger partial charge is 0.340 e. The molecule has 2 bridgehead atoms. The number of hydrogen-bond acceptors (Lipinski definition) is 3. The molecule has 0 radical (unpaired) electrons. The number of benzene rings is 1. The van der Waals surface area contributed by atoms with Crippen LogP contribution in [0.2, 0.25) is 0 Å². The lowest BCUT2D eigenvalue weighted by Crippen LogP contribution is -2.10. The molecule has 1 aromatic carbocycles. The van der Waals surface area contributed by atoms with E-state index in [0.29, 0.717) is 17.3 Å². The number of fused-ring (bicyclic) bond motifs is 5. The van der Waals surface area contributed by atoms with Crippen molar-refractivity contribution in [1.82, 2.24) is 4.98 Å². The third kappa shape index (κ3) is 2.58. The zero-order valence-electron chi connectivity index (χ0n) is 13.0. The van der Waals surface area contributed by atoms with Gasteiger partial charge >= 0.3 is 6.18 Å². The van der Waals surface area contributed by atoms with Crippen LogP contribution in [0.4, 0.5) is 29.1 Å². The number of halogens is 4. The van der Waals surface area contributed by atoms with Crippen molar-refractivity contribution in [2.75, 3.05) is 5.32 Å². The van der Waals surface area contributed by atoms with Crippen LogP contribution in [0.15, 0.2) is 24.4 Å². The molecule has 0 saturated heterocycles. The van der Waals surface area contributed by atoms with Gasteiger partial charge in [-0.2, -0.15) is 13.2 Å². The summed E-state index contributed by atoms with van der Waals surface area (Å²) in [5, 5.41) is 2.89. The molecule has 2 aliphatic rings. The van der Waals surface area contributed by atoms with Crippen molar-refractivity contribution in [3.8, 4) is 0 Å². The number of rotatable bonds is 3. The number of pyridine rings is 1. The lowest BCUT2D eigenvalue weighted by molar-refractivity contribution is -0.139. The first-order chi connectivity index (χ1) is 11.9. The highest BCUT2D eigenvalue weighted by atomic mass is 19.4. The van der Waals surface area contributed by atoms with Gasteiger partial charge in [-0.15, -0.1) is 0 Å². The highest BCUT2D eigenvalue weighted by Gasteiger charge is 2.41. The number of nitrogens with zero attached hydrogens (tertiary/aromatic N) is 1. The van der Waals surface area contributed by atoms with Gasteiger partial charge in [-0.25, -0.2) is 9.37 Å². The van der Waals surface area contributed by atoms with Crippen LogP contribution < -0.4 is 5.32 Å². The van der Waals surface area contributed by atoms with Crippen molar-refractivity contribution in [3.05, 3.63) is 52.5 Å². The number of nitrogens with one attached hydrogen (secondary N) is 1. The highest BCUT2D eigenvalue weighted by Crippen LogP contribution is 2.56. The Morgan fingerprint density at radius 3 is 2.56 bits per heavy atom. The molecule has 0 amide bonds. The standard InChI is InChI=1S/C18H14F4N2O/c19-14-4-3-12(6-13(14)18(20,21)22)24-17-16-10-2-1-9(5-10)15(16)11(8-25)7-23-17/h3-4,6-10H,1-2,5H2,(H,23,24). The van der Waals surface area contributed by atoms with Gasteiger partial charge in [0.2, 0.25) is 0 Å². The van der Waals surface area contributed by atoms with Crippen molar-refractivity contribution >= 4 is 17.8 Å². The van der Waals surface area contributed by atoms with Crippen molar-refractivity contribution in [3.63, 3.8) is 0 Å². The van der Waals surface area contributed by atoms with Gasteiger partial charge in [-0.1, -0.05) is 0 Å². The van der Waals surface area contributed by atoms with E-state index in [1.165, 1.54) is 12.3 Å². The summed E-state index contributed by atoms with van der Waals surface area (Å²) in [5.74, 6) is -0.292. The van der Waals surface area contributed by atoms with Gasteiger partial charge in [0.25, 0.3) is 0 Å². The molecular formula is C18H14F4N2O. The largest absolute Gasteiger partial charge is 0.419 e. The van der Waals surface area contributed by atoms with E-state index in [0.717, 1.165) is 48.8 Å². The van der Waals surface area contributed by atoms with Crippen LogP contribution in [0.3, 0.4) is 0 Å². The SMILES string of the molecule is O=Cc1cnc(Nc2ccc(F)c(C(F)(F)F)c2)c2c1C1CCC2C1. The maximum atomic E-state index is 13.4. The van der Waals surface area contributed by atoms with Crippen LogP contribution in [0, 0.1) is 5.82 Å². The summed E-state index contributed by atoms with van der Waals surface area (Å²) >= 11 is 0. The van der Waals surface area contributed by atoms with E-state index in [1.807, 2.05) is 0 Å². The second kappa shape index (κ2) is 5.54. The fourth-order valence-corrected chi connectivity index (χ4v) is 4.08. The number of alkyl halides is 3. The maximum absolute atomic E-state index is 13.4. The number of hydrogen-bond donors (Lipinski definition) is 1. The molecule has 0 aliphatic heterocycles. The zero-order chi connectivity index (χ0) is 17.8. The molecule has 2 aromatic rings. The average Bonchev–Trinajstić information content (AvgIpc) is 3.18. The number of anilines is 2. The van der Waals surface area contributed by atoms with Gasteiger partial charge in [-0.05, 0) is 54.9 Å². The Labute approximate surface area is 141 Å². The molecular weight excluding hydrogens is 336 g/mol. The first-order valence-electron chi connectivity index (χ1n) is 8.00. The van der Waals surface area contributed by atoms with Crippen LogP contribution >= 0.6 is 0 Å². The number of carbonyl (C=O) groups is 1. The molecule has 2 unspecified atom stereocenters. The lowest BCUT2D eigenvalue weighted by atomic mass is 9.89. The average molecular weight is 350 g/mol. The zero-order valence-corrected chi connectivity index (χ0v) is 13.0. The minimum atomic E-state index is -4.77. The summed E-state index contributed by atoms with van der Waals surface area (Å²) in [6.45, 7) is 0. The first kappa shape index (κ1) is 16.1. The molecule has 1 fully saturated rings. The Balaban J connectivity index is 1.75. The van der Waals surface area contributed by atoms with E-state index in [4.69, 9.17) is 0 Å². The van der Waals surface area contributed by atoms with Crippen LogP contribution in [0.25, 0.3) is 0 Å². The minimum absolute atomic E-state index is 0.116. The lowest BCUT2D eigenvalue weighted by Gasteiger charge is -2.20. The second-order valence-corrected chi connectivity index (χ2v) is 6.53. The summed E-state index contributed by atoms with van der Waals surface area (Å²) in [6.07, 6.45) is 0.384. The quantitative estimate of drug-likeness (QED) is 0.614. The fourth-order valence-electron chi connectivity index (χ4n) is 4.08. The summed E-state index contributed by atoms with van der Waals surface area (Å²) in [7, 11) is 0. The molecule has 2 atom stereocenters. The monoisotopic (exact) mass is 350 g/mol. The predicted molar refractivity (Wildman–Crippen MR) is 83.6 cm³/mol. The molecule has 7 heteroatoms.